The standard InChI is InChI=1S/C22H28N4S.C2H6/c1-6-17-13-18(11-9-15(17)4)21-23-24-22(27)26(21)19-12-10-16(5)20(14-19)25(7-2)8-3;1-2/h9-14H,6-8H2,1-5H3,(H,24,27);1-2H3. The van der Waals surface area contributed by atoms with Gasteiger partial charge in [0.05, 0.1) is 5.69 Å². The number of nitrogens with zero attached hydrogens (tertiary/aromatic N) is 3. The molecule has 0 aliphatic rings. The third kappa shape index (κ3) is 4.78. The van der Waals surface area contributed by atoms with Gasteiger partial charge in [-0.25, -0.2) is 0 Å². The van der Waals surface area contributed by atoms with Gasteiger partial charge in [0.2, 0.25) is 0 Å². The number of hydrogen-bond donors (Lipinski definition) is 1. The molecule has 0 radical (unpaired) electrons. The average molecular weight is 411 g/mol. The summed E-state index contributed by atoms with van der Waals surface area (Å²) in [7, 11) is 0. The van der Waals surface area contributed by atoms with Crippen LogP contribution in [0.25, 0.3) is 17.1 Å². The van der Waals surface area contributed by atoms with Crippen LogP contribution in [0.1, 0.15) is 51.3 Å². The second-order valence-corrected chi connectivity index (χ2v) is 7.21. The zero-order chi connectivity index (χ0) is 21.6. The number of hydrogen-bond acceptors (Lipinski definition) is 3. The maximum atomic E-state index is 5.57. The fraction of sp³-hybridized carbons (Fsp3) is 0.417. The largest absolute Gasteiger partial charge is 0.372 e. The van der Waals surface area contributed by atoms with Gasteiger partial charge in [0.1, 0.15) is 0 Å². The second kappa shape index (κ2) is 10.4. The van der Waals surface area contributed by atoms with E-state index in [0.717, 1.165) is 36.6 Å². The maximum Gasteiger partial charge on any atom is 0.200 e. The summed E-state index contributed by atoms with van der Waals surface area (Å²) in [6.45, 7) is 16.8. The molecule has 0 bridgehead atoms. The molecular weight excluding hydrogens is 376 g/mol. The molecule has 29 heavy (non-hydrogen) atoms. The minimum atomic E-state index is 0.609. The van der Waals surface area contributed by atoms with Gasteiger partial charge in [0, 0.05) is 24.3 Å². The number of rotatable bonds is 6. The molecule has 0 aliphatic carbocycles. The minimum Gasteiger partial charge on any atom is -0.372 e. The van der Waals surface area contributed by atoms with Gasteiger partial charge >= 0.3 is 0 Å². The number of aromatic amines is 1. The number of anilines is 1. The summed E-state index contributed by atoms with van der Waals surface area (Å²) in [6.07, 6.45) is 1.00. The van der Waals surface area contributed by atoms with Crippen LogP contribution in [-0.2, 0) is 6.42 Å². The molecule has 0 spiro atoms. The number of H-pyrrole nitrogens is 1. The van der Waals surface area contributed by atoms with Gasteiger partial charge in [-0.15, -0.1) is 0 Å². The van der Waals surface area contributed by atoms with Crippen molar-refractivity contribution in [3.8, 4) is 17.1 Å². The van der Waals surface area contributed by atoms with Crippen molar-refractivity contribution < 1.29 is 0 Å². The van der Waals surface area contributed by atoms with E-state index < -0.39 is 0 Å². The molecule has 1 heterocycles. The van der Waals surface area contributed by atoms with E-state index in [1.807, 2.05) is 18.4 Å². The van der Waals surface area contributed by atoms with Gasteiger partial charge in [0.15, 0.2) is 10.6 Å². The molecule has 0 atom stereocenters. The van der Waals surface area contributed by atoms with E-state index in [2.05, 4.69) is 86.1 Å². The molecule has 2 aromatic carbocycles. The highest BCUT2D eigenvalue weighted by Crippen LogP contribution is 2.28. The summed E-state index contributed by atoms with van der Waals surface area (Å²) in [5.41, 5.74) is 7.26. The SMILES string of the molecule is CC.CCc1cc(-c2n[nH]c(=S)n2-c2ccc(C)c(N(CC)CC)c2)ccc1C. The highest BCUT2D eigenvalue weighted by atomic mass is 32.1. The fourth-order valence-corrected chi connectivity index (χ4v) is 3.80. The zero-order valence-electron chi connectivity index (χ0n) is 18.8. The minimum absolute atomic E-state index is 0.609. The lowest BCUT2D eigenvalue weighted by Gasteiger charge is -2.24. The lowest BCUT2D eigenvalue weighted by atomic mass is 10.0. The average Bonchev–Trinajstić information content (AvgIpc) is 3.13. The van der Waals surface area contributed by atoms with Crippen LogP contribution in [0.15, 0.2) is 36.4 Å². The van der Waals surface area contributed by atoms with E-state index in [9.17, 15) is 0 Å². The first-order valence-electron chi connectivity index (χ1n) is 10.6. The predicted octanol–water partition coefficient (Wildman–Crippen LogP) is 6.65. The first-order chi connectivity index (χ1) is 14.0. The fourth-order valence-electron chi connectivity index (χ4n) is 3.56. The predicted molar refractivity (Wildman–Crippen MR) is 128 cm³/mol. The van der Waals surface area contributed by atoms with Crippen molar-refractivity contribution in [3.63, 3.8) is 0 Å². The summed E-state index contributed by atoms with van der Waals surface area (Å²) >= 11 is 5.57. The molecule has 0 unspecified atom stereocenters. The Hall–Kier alpha value is -2.40. The third-order valence-corrected chi connectivity index (χ3v) is 5.49. The van der Waals surface area contributed by atoms with Crippen LogP contribution in [0.4, 0.5) is 5.69 Å². The van der Waals surface area contributed by atoms with Gasteiger partial charge in [-0.1, -0.05) is 39.0 Å². The summed E-state index contributed by atoms with van der Waals surface area (Å²) < 4.78 is 2.64. The molecule has 0 aliphatic heterocycles. The maximum absolute atomic E-state index is 5.57. The molecule has 1 aromatic heterocycles. The molecular formula is C24H34N4S. The van der Waals surface area contributed by atoms with E-state index in [1.54, 1.807) is 0 Å². The van der Waals surface area contributed by atoms with Crippen LogP contribution in [0.5, 0.6) is 0 Å². The van der Waals surface area contributed by atoms with Crippen molar-refractivity contribution in [1.29, 1.82) is 0 Å². The van der Waals surface area contributed by atoms with E-state index in [4.69, 9.17) is 12.2 Å². The van der Waals surface area contributed by atoms with Crippen LogP contribution in [0, 0.1) is 18.6 Å². The van der Waals surface area contributed by atoms with E-state index in [1.165, 1.54) is 22.4 Å². The molecule has 3 rings (SSSR count). The van der Waals surface area contributed by atoms with Crippen molar-refractivity contribution in [2.75, 3.05) is 18.0 Å². The van der Waals surface area contributed by atoms with E-state index in [-0.39, 0.29) is 0 Å². The number of aromatic nitrogens is 3. The molecule has 1 N–H and O–H groups in total. The Bertz CT molecular complexity index is 996. The first-order valence-corrected chi connectivity index (χ1v) is 11.0. The van der Waals surface area contributed by atoms with Gasteiger partial charge in [-0.2, -0.15) is 5.10 Å². The molecule has 3 aromatic rings. The van der Waals surface area contributed by atoms with Crippen LogP contribution in [-0.4, -0.2) is 27.9 Å². The number of benzene rings is 2. The first kappa shape index (κ1) is 22.9. The van der Waals surface area contributed by atoms with Crippen molar-refractivity contribution in [1.82, 2.24) is 14.8 Å². The molecule has 0 saturated carbocycles. The normalized spacial score (nSPS) is 10.4. The highest BCUT2D eigenvalue weighted by Gasteiger charge is 2.14. The summed E-state index contributed by atoms with van der Waals surface area (Å²) in [4.78, 5) is 2.36. The molecule has 5 heteroatoms. The molecule has 0 amide bonds. The van der Waals surface area contributed by atoms with Crippen molar-refractivity contribution in [2.24, 2.45) is 0 Å². The van der Waals surface area contributed by atoms with Crippen LogP contribution < -0.4 is 4.90 Å². The Morgan fingerprint density at radius 3 is 2.24 bits per heavy atom. The van der Waals surface area contributed by atoms with Crippen LogP contribution in [0.2, 0.25) is 0 Å². The summed E-state index contributed by atoms with van der Waals surface area (Å²) in [5.74, 6) is 0.851. The lowest BCUT2D eigenvalue weighted by Crippen LogP contribution is -2.22. The summed E-state index contributed by atoms with van der Waals surface area (Å²) in [6, 6.07) is 13.0. The monoisotopic (exact) mass is 410 g/mol. The zero-order valence-corrected chi connectivity index (χ0v) is 19.7. The molecule has 0 fully saturated rings. The second-order valence-electron chi connectivity index (χ2n) is 6.83. The van der Waals surface area contributed by atoms with Crippen LogP contribution in [0.3, 0.4) is 0 Å². The smallest absolute Gasteiger partial charge is 0.200 e. The third-order valence-electron chi connectivity index (χ3n) is 5.22. The number of aryl methyl sites for hydroxylation is 3. The summed E-state index contributed by atoms with van der Waals surface area (Å²) in [5, 5.41) is 7.52. The van der Waals surface area contributed by atoms with Crippen molar-refractivity contribution in [2.45, 2.75) is 54.9 Å². The highest BCUT2D eigenvalue weighted by molar-refractivity contribution is 7.71. The van der Waals surface area contributed by atoms with E-state index >= 15 is 0 Å². The Morgan fingerprint density at radius 1 is 0.966 bits per heavy atom. The molecule has 4 nitrogen and oxygen atoms in total. The van der Waals surface area contributed by atoms with Gasteiger partial charge in [0.25, 0.3) is 0 Å². The Morgan fingerprint density at radius 2 is 1.62 bits per heavy atom. The molecule has 0 saturated heterocycles. The van der Waals surface area contributed by atoms with Crippen LogP contribution >= 0.6 is 12.2 Å². The van der Waals surface area contributed by atoms with Gasteiger partial charge < -0.3 is 4.90 Å². The lowest BCUT2D eigenvalue weighted by molar-refractivity contribution is 0.859. The van der Waals surface area contributed by atoms with Gasteiger partial charge in [-0.05, 0) is 81.2 Å². The Kier molecular flexibility index (Phi) is 8.21. The Labute approximate surface area is 180 Å². The van der Waals surface area contributed by atoms with Gasteiger partial charge in [-0.3, -0.25) is 9.67 Å². The molecule has 156 valence electrons. The van der Waals surface area contributed by atoms with E-state index in [0.29, 0.717) is 4.77 Å². The van der Waals surface area contributed by atoms with Crippen molar-refractivity contribution >= 4 is 17.9 Å². The quantitative estimate of drug-likeness (QED) is 0.462. The topological polar surface area (TPSA) is 36.9 Å². The Balaban J connectivity index is 0.00000145. The number of nitrogens with one attached hydrogen (secondary N) is 1. The van der Waals surface area contributed by atoms with Crippen molar-refractivity contribution in [3.05, 3.63) is 57.9 Å².